The highest BCUT2D eigenvalue weighted by Gasteiger charge is 2.07. The number of aliphatic carboxylic acids is 1. The van der Waals surface area contributed by atoms with Gasteiger partial charge in [-0.2, -0.15) is 0 Å². The van der Waals surface area contributed by atoms with E-state index in [1.165, 1.54) is 0 Å². The van der Waals surface area contributed by atoms with Crippen LogP contribution < -0.4 is 5.32 Å². The van der Waals surface area contributed by atoms with Gasteiger partial charge in [-0.15, -0.1) is 0 Å². The van der Waals surface area contributed by atoms with E-state index in [0.29, 0.717) is 6.54 Å². The zero-order chi connectivity index (χ0) is 6.57. The van der Waals surface area contributed by atoms with Crippen molar-refractivity contribution in [3.05, 3.63) is 0 Å². The average molecular weight is 117 g/mol. The normalized spacial score (nSPS) is 13.2. The highest BCUT2D eigenvalue weighted by molar-refractivity contribution is 5.69. The SMILES string of the molecule is CNCC(C)C(=O)O. The summed E-state index contributed by atoms with van der Waals surface area (Å²) in [7, 11) is 1.74. The molecule has 0 bridgehead atoms. The predicted octanol–water partition coefficient (Wildman–Crippen LogP) is -0.0735. The number of carboxylic acid groups (broad SMARTS) is 1. The zero-order valence-corrected chi connectivity index (χ0v) is 5.14. The summed E-state index contributed by atoms with van der Waals surface area (Å²) in [6.07, 6.45) is 0. The predicted molar refractivity (Wildman–Crippen MR) is 30.7 cm³/mol. The molecule has 0 amide bonds. The van der Waals surface area contributed by atoms with Gasteiger partial charge in [-0.25, -0.2) is 0 Å². The van der Waals surface area contributed by atoms with E-state index in [9.17, 15) is 4.79 Å². The number of rotatable bonds is 3. The molecule has 0 radical (unpaired) electrons. The van der Waals surface area contributed by atoms with Crippen LogP contribution in [0.3, 0.4) is 0 Å². The Morgan fingerprint density at radius 3 is 2.50 bits per heavy atom. The van der Waals surface area contributed by atoms with Crippen LogP contribution in [0, 0.1) is 5.92 Å². The van der Waals surface area contributed by atoms with Crippen molar-refractivity contribution < 1.29 is 9.90 Å². The van der Waals surface area contributed by atoms with Gasteiger partial charge in [0.05, 0.1) is 5.92 Å². The summed E-state index contributed by atoms with van der Waals surface area (Å²) in [6.45, 7) is 2.20. The van der Waals surface area contributed by atoms with Crippen molar-refractivity contribution in [1.82, 2.24) is 5.32 Å². The van der Waals surface area contributed by atoms with E-state index in [4.69, 9.17) is 5.11 Å². The van der Waals surface area contributed by atoms with Crippen LogP contribution in [0.5, 0.6) is 0 Å². The number of nitrogens with one attached hydrogen (secondary N) is 1. The van der Waals surface area contributed by atoms with Crippen molar-refractivity contribution >= 4 is 5.97 Å². The van der Waals surface area contributed by atoms with Crippen LogP contribution in [0.15, 0.2) is 0 Å². The fraction of sp³-hybridized carbons (Fsp3) is 0.800. The van der Waals surface area contributed by atoms with Gasteiger partial charge in [0.15, 0.2) is 0 Å². The fourth-order valence-electron chi connectivity index (χ4n) is 0.393. The Bertz CT molecular complexity index is 82.5. The van der Waals surface area contributed by atoms with Gasteiger partial charge < -0.3 is 10.4 Å². The second kappa shape index (κ2) is 3.43. The van der Waals surface area contributed by atoms with E-state index in [-0.39, 0.29) is 5.92 Å². The zero-order valence-electron chi connectivity index (χ0n) is 5.14. The number of hydrogen-bond acceptors (Lipinski definition) is 2. The van der Waals surface area contributed by atoms with Crippen LogP contribution in [0.1, 0.15) is 6.92 Å². The molecule has 1 unspecified atom stereocenters. The van der Waals surface area contributed by atoms with E-state index >= 15 is 0 Å². The van der Waals surface area contributed by atoms with Gasteiger partial charge in [0.2, 0.25) is 0 Å². The van der Waals surface area contributed by atoms with Crippen molar-refractivity contribution in [2.75, 3.05) is 13.6 Å². The van der Waals surface area contributed by atoms with Crippen LogP contribution in [-0.2, 0) is 4.79 Å². The van der Waals surface area contributed by atoms with E-state index in [0.717, 1.165) is 0 Å². The second-order valence-electron chi connectivity index (χ2n) is 1.80. The highest BCUT2D eigenvalue weighted by Crippen LogP contribution is 1.89. The van der Waals surface area contributed by atoms with Gasteiger partial charge in [0, 0.05) is 6.54 Å². The number of carboxylic acids is 1. The molecule has 8 heavy (non-hydrogen) atoms. The molecule has 0 heterocycles. The summed E-state index contributed by atoms with van der Waals surface area (Å²) < 4.78 is 0. The Morgan fingerprint density at radius 2 is 2.38 bits per heavy atom. The average Bonchev–Trinajstić information content (AvgIpc) is 1.67. The molecule has 0 aromatic carbocycles. The Labute approximate surface area is 48.7 Å². The van der Waals surface area contributed by atoms with Crippen LogP contribution in [0.2, 0.25) is 0 Å². The minimum atomic E-state index is -0.751. The Morgan fingerprint density at radius 1 is 1.88 bits per heavy atom. The van der Waals surface area contributed by atoms with Gasteiger partial charge in [0.1, 0.15) is 0 Å². The van der Waals surface area contributed by atoms with Crippen LogP contribution in [0.4, 0.5) is 0 Å². The molecule has 0 fully saturated rings. The van der Waals surface area contributed by atoms with E-state index in [2.05, 4.69) is 5.32 Å². The number of hydrogen-bond donors (Lipinski definition) is 2. The third kappa shape index (κ3) is 2.58. The minimum Gasteiger partial charge on any atom is -0.481 e. The summed E-state index contributed by atoms with van der Waals surface area (Å²) in [5.41, 5.74) is 0. The molecule has 3 nitrogen and oxygen atoms in total. The summed E-state index contributed by atoms with van der Waals surface area (Å²) in [5.74, 6) is -1.03. The first-order valence-corrected chi connectivity index (χ1v) is 2.56. The third-order valence-electron chi connectivity index (χ3n) is 0.932. The van der Waals surface area contributed by atoms with E-state index < -0.39 is 5.97 Å². The van der Waals surface area contributed by atoms with Gasteiger partial charge in [-0.3, -0.25) is 4.79 Å². The molecule has 1 atom stereocenters. The van der Waals surface area contributed by atoms with Crippen LogP contribution in [-0.4, -0.2) is 24.7 Å². The first-order chi connectivity index (χ1) is 3.68. The van der Waals surface area contributed by atoms with Crippen molar-refractivity contribution in [3.8, 4) is 0 Å². The van der Waals surface area contributed by atoms with E-state index in [1.807, 2.05) is 0 Å². The molecule has 2 N–H and O–H groups in total. The molecule has 0 saturated heterocycles. The van der Waals surface area contributed by atoms with Gasteiger partial charge in [-0.1, -0.05) is 6.92 Å². The molecule has 0 rings (SSSR count). The lowest BCUT2D eigenvalue weighted by Crippen LogP contribution is -2.22. The molecule has 0 aromatic heterocycles. The van der Waals surface area contributed by atoms with E-state index in [1.54, 1.807) is 14.0 Å². The lowest BCUT2D eigenvalue weighted by atomic mass is 10.2. The molecule has 3 heteroatoms. The Hall–Kier alpha value is -0.570. The largest absolute Gasteiger partial charge is 0.481 e. The van der Waals surface area contributed by atoms with Crippen molar-refractivity contribution in [2.24, 2.45) is 5.92 Å². The fourth-order valence-corrected chi connectivity index (χ4v) is 0.393. The standard InChI is InChI=1S/C5H11NO2/c1-4(3-6-2)5(7)8/h4,6H,3H2,1-2H3,(H,7,8). The van der Waals surface area contributed by atoms with Crippen molar-refractivity contribution in [1.29, 1.82) is 0 Å². The lowest BCUT2D eigenvalue weighted by Gasteiger charge is -2.01. The van der Waals surface area contributed by atoms with Crippen LogP contribution >= 0.6 is 0 Å². The molecule has 0 saturated carbocycles. The van der Waals surface area contributed by atoms with Crippen molar-refractivity contribution in [3.63, 3.8) is 0 Å². The van der Waals surface area contributed by atoms with Gasteiger partial charge in [-0.05, 0) is 7.05 Å². The summed E-state index contributed by atoms with van der Waals surface area (Å²) in [5, 5.41) is 11.0. The molecule has 0 aliphatic rings. The summed E-state index contributed by atoms with van der Waals surface area (Å²) in [4.78, 5) is 10.0. The maximum Gasteiger partial charge on any atom is 0.307 e. The molecule has 48 valence electrons. The lowest BCUT2D eigenvalue weighted by molar-refractivity contribution is -0.140. The topological polar surface area (TPSA) is 49.3 Å². The maximum absolute atomic E-state index is 10.0. The molecule has 0 aliphatic carbocycles. The minimum absolute atomic E-state index is 0.278. The first kappa shape index (κ1) is 7.43. The van der Waals surface area contributed by atoms with Gasteiger partial charge >= 0.3 is 5.97 Å². The highest BCUT2D eigenvalue weighted by atomic mass is 16.4. The molecule has 0 aromatic rings. The van der Waals surface area contributed by atoms with Gasteiger partial charge in [0.25, 0.3) is 0 Å². The smallest absolute Gasteiger partial charge is 0.307 e. The molecule has 0 spiro atoms. The Kier molecular flexibility index (Phi) is 3.19. The maximum atomic E-state index is 10.0. The third-order valence-corrected chi connectivity index (χ3v) is 0.932. The summed E-state index contributed by atoms with van der Waals surface area (Å²) >= 11 is 0. The quantitative estimate of drug-likeness (QED) is 0.544. The van der Waals surface area contributed by atoms with Crippen molar-refractivity contribution in [2.45, 2.75) is 6.92 Å². The molecule has 0 aliphatic heterocycles. The summed E-state index contributed by atoms with van der Waals surface area (Å²) in [6, 6.07) is 0. The second-order valence-corrected chi connectivity index (χ2v) is 1.80. The monoisotopic (exact) mass is 117 g/mol. The molecular formula is C5H11NO2. The Balaban J connectivity index is 3.32. The molecular weight excluding hydrogens is 106 g/mol. The first-order valence-electron chi connectivity index (χ1n) is 2.56. The number of carbonyl (C=O) groups is 1. The van der Waals surface area contributed by atoms with Crippen LogP contribution in [0.25, 0.3) is 0 Å².